The van der Waals surface area contributed by atoms with Crippen LogP contribution < -0.4 is 10.6 Å². The fourth-order valence-corrected chi connectivity index (χ4v) is 2.83. The Hall–Kier alpha value is -1.98. The summed E-state index contributed by atoms with van der Waals surface area (Å²) in [7, 11) is 0. The van der Waals surface area contributed by atoms with Gasteiger partial charge in [0.1, 0.15) is 0 Å². The molecule has 0 aromatic heterocycles. The second-order valence-corrected chi connectivity index (χ2v) is 6.02. The van der Waals surface area contributed by atoms with Crippen LogP contribution in [0.1, 0.15) is 50.6 Å². The van der Waals surface area contributed by atoms with Crippen molar-refractivity contribution in [3.63, 3.8) is 0 Å². The summed E-state index contributed by atoms with van der Waals surface area (Å²) in [4.78, 5) is 23.8. The summed E-state index contributed by atoms with van der Waals surface area (Å²) < 4.78 is 26.1. The Bertz CT molecular complexity index is 572. The van der Waals surface area contributed by atoms with Gasteiger partial charge in [-0.15, -0.1) is 0 Å². The monoisotopic (exact) mass is 324 g/mol. The molecular formula is C17H22F2N2O2. The van der Waals surface area contributed by atoms with Gasteiger partial charge in [-0.25, -0.2) is 8.78 Å². The summed E-state index contributed by atoms with van der Waals surface area (Å²) in [5.74, 6) is -2.31. The summed E-state index contributed by atoms with van der Waals surface area (Å²) in [6, 6.07) is 3.03. The summed E-state index contributed by atoms with van der Waals surface area (Å²) in [6.45, 7) is 1.57. The highest BCUT2D eigenvalue weighted by Crippen LogP contribution is 2.23. The van der Waals surface area contributed by atoms with Crippen molar-refractivity contribution in [3.05, 3.63) is 35.4 Å². The van der Waals surface area contributed by atoms with E-state index in [1.807, 2.05) is 0 Å². The third-order valence-electron chi connectivity index (χ3n) is 4.22. The van der Waals surface area contributed by atoms with Crippen LogP contribution in [-0.2, 0) is 9.59 Å². The van der Waals surface area contributed by atoms with Crippen molar-refractivity contribution < 1.29 is 18.4 Å². The SMILES string of the molecule is C[C@@H](NC(=O)CNC(=O)C1CCCCC1)c1ccc(F)c(F)c1. The van der Waals surface area contributed by atoms with Crippen molar-refractivity contribution in [1.82, 2.24) is 10.6 Å². The topological polar surface area (TPSA) is 58.2 Å². The molecule has 2 N–H and O–H groups in total. The molecule has 1 saturated carbocycles. The minimum Gasteiger partial charge on any atom is -0.348 e. The molecule has 0 radical (unpaired) electrons. The number of carbonyl (C=O) groups is 2. The van der Waals surface area contributed by atoms with Gasteiger partial charge in [0.2, 0.25) is 11.8 Å². The number of benzene rings is 1. The fraction of sp³-hybridized carbons (Fsp3) is 0.529. The number of hydrogen-bond acceptors (Lipinski definition) is 2. The predicted octanol–water partition coefficient (Wildman–Crippen LogP) is 2.84. The number of halogens is 2. The zero-order chi connectivity index (χ0) is 16.8. The van der Waals surface area contributed by atoms with Crippen LogP contribution in [-0.4, -0.2) is 18.4 Å². The van der Waals surface area contributed by atoms with Gasteiger partial charge < -0.3 is 10.6 Å². The van der Waals surface area contributed by atoms with Crippen LogP contribution in [0.2, 0.25) is 0 Å². The lowest BCUT2D eigenvalue weighted by Gasteiger charge is -2.21. The van der Waals surface area contributed by atoms with E-state index in [0.717, 1.165) is 44.2 Å². The molecule has 0 heterocycles. The van der Waals surface area contributed by atoms with Crippen molar-refractivity contribution in [2.75, 3.05) is 6.54 Å². The summed E-state index contributed by atoms with van der Waals surface area (Å²) in [5.41, 5.74) is 0.468. The van der Waals surface area contributed by atoms with Crippen LogP contribution in [0.4, 0.5) is 8.78 Å². The molecule has 6 heteroatoms. The van der Waals surface area contributed by atoms with E-state index in [1.54, 1.807) is 6.92 Å². The maximum Gasteiger partial charge on any atom is 0.239 e. The van der Waals surface area contributed by atoms with Crippen molar-refractivity contribution in [3.8, 4) is 0 Å². The van der Waals surface area contributed by atoms with Crippen LogP contribution in [0.25, 0.3) is 0 Å². The van der Waals surface area contributed by atoms with E-state index < -0.39 is 17.7 Å². The first kappa shape index (κ1) is 17.4. The molecule has 2 rings (SSSR count). The van der Waals surface area contributed by atoms with Gasteiger partial charge in [-0.3, -0.25) is 9.59 Å². The van der Waals surface area contributed by atoms with Gasteiger partial charge in [0.05, 0.1) is 12.6 Å². The molecule has 0 unspecified atom stereocenters. The first-order chi connectivity index (χ1) is 11.0. The van der Waals surface area contributed by atoms with E-state index in [4.69, 9.17) is 0 Å². The highest BCUT2D eigenvalue weighted by Gasteiger charge is 2.21. The van der Waals surface area contributed by atoms with Crippen LogP contribution in [0.3, 0.4) is 0 Å². The summed E-state index contributed by atoms with van der Waals surface area (Å²) >= 11 is 0. The lowest BCUT2D eigenvalue weighted by atomic mass is 9.89. The van der Waals surface area contributed by atoms with E-state index >= 15 is 0 Å². The molecule has 0 bridgehead atoms. The number of carbonyl (C=O) groups excluding carboxylic acids is 2. The molecule has 4 nitrogen and oxygen atoms in total. The zero-order valence-corrected chi connectivity index (χ0v) is 13.2. The normalized spacial score (nSPS) is 16.7. The Morgan fingerprint density at radius 1 is 1.17 bits per heavy atom. The Labute approximate surface area is 134 Å². The first-order valence-corrected chi connectivity index (χ1v) is 7.99. The third kappa shape index (κ3) is 5.01. The van der Waals surface area contributed by atoms with Gasteiger partial charge in [-0.2, -0.15) is 0 Å². The first-order valence-electron chi connectivity index (χ1n) is 7.99. The smallest absolute Gasteiger partial charge is 0.239 e. The molecule has 2 amide bonds. The third-order valence-corrected chi connectivity index (χ3v) is 4.22. The van der Waals surface area contributed by atoms with Gasteiger partial charge in [-0.1, -0.05) is 25.3 Å². The molecule has 126 valence electrons. The zero-order valence-electron chi connectivity index (χ0n) is 13.2. The maximum absolute atomic E-state index is 13.2. The van der Waals surface area contributed by atoms with Crippen molar-refractivity contribution in [2.45, 2.75) is 45.1 Å². The Kier molecular flexibility index (Phi) is 6.07. The van der Waals surface area contributed by atoms with Gasteiger partial charge in [0.15, 0.2) is 11.6 Å². The maximum atomic E-state index is 13.2. The minimum absolute atomic E-state index is 0.000155. The highest BCUT2D eigenvalue weighted by atomic mass is 19.2. The quantitative estimate of drug-likeness (QED) is 0.875. The lowest BCUT2D eigenvalue weighted by molar-refractivity contribution is -0.129. The van der Waals surface area contributed by atoms with E-state index in [2.05, 4.69) is 10.6 Å². The van der Waals surface area contributed by atoms with E-state index in [-0.39, 0.29) is 24.3 Å². The number of amides is 2. The molecule has 1 aliphatic rings. The number of nitrogens with one attached hydrogen (secondary N) is 2. The average molecular weight is 324 g/mol. The van der Waals surface area contributed by atoms with Gasteiger partial charge in [0, 0.05) is 5.92 Å². The minimum atomic E-state index is -0.950. The summed E-state index contributed by atoms with van der Waals surface area (Å²) in [6.07, 6.45) is 5.02. The molecule has 0 spiro atoms. The van der Waals surface area contributed by atoms with Gasteiger partial charge in [0.25, 0.3) is 0 Å². The molecule has 1 fully saturated rings. The second-order valence-electron chi connectivity index (χ2n) is 6.02. The van der Waals surface area contributed by atoms with Crippen LogP contribution in [0, 0.1) is 17.6 Å². The fourth-order valence-electron chi connectivity index (χ4n) is 2.83. The van der Waals surface area contributed by atoms with E-state index in [9.17, 15) is 18.4 Å². The second kappa shape index (κ2) is 8.04. The van der Waals surface area contributed by atoms with Crippen molar-refractivity contribution in [1.29, 1.82) is 0 Å². The van der Waals surface area contributed by atoms with Gasteiger partial charge >= 0.3 is 0 Å². The Morgan fingerprint density at radius 3 is 2.52 bits per heavy atom. The largest absolute Gasteiger partial charge is 0.348 e. The standard InChI is InChI=1S/C17H22F2N2O2/c1-11(13-7-8-14(18)15(19)9-13)21-16(22)10-20-17(23)12-5-3-2-4-6-12/h7-9,11-12H,2-6,10H2,1H3,(H,20,23)(H,21,22)/t11-/m1/s1. The number of hydrogen-bond donors (Lipinski definition) is 2. The van der Waals surface area contributed by atoms with E-state index in [0.29, 0.717) is 5.56 Å². The highest BCUT2D eigenvalue weighted by molar-refractivity contribution is 5.86. The van der Waals surface area contributed by atoms with Crippen molar-refractivity contribution >= 4 is 11.8 Å². The van der Waals surface area contributed by atoms with Crippen LogP contribution in [0.5, 0.6) is 0 Å². The summed E-state index contributed by atoms with van der Waals surface area (Å²) in [5, 5.41) is 5.30. The Morgan fingerprint density at radius 2 is 1.87 bits per heavy atom. The predicted molar refractivity (Wildman–Crippen MR) is 82.5 cm³/mol. The molecule has 23 heavy (non-hydrogen) atoms. The van der Waals surface area contributed by atoms with Gasteiger partial charge in [-0.05, 0) is 37.5 Å². The molecule has 1 atom stereocenters. The van der Waals surface area contributed by atoms with E-state index in [1.165, 1.54) is 6.07 Å². The molecular weight excluding hydrogens is 302 g/mol. The average Bonchev–Trinajstić information content (AvgIpc) is 2.55. The number of rotatable bonds is 5. The molecule has 0 saturated heterocycles. The van der Waals surface area contributed by atoms with Crippen LogP contribution >= 0.6 is 0 Å². The molecule has 1 aromatic carbocycles. The molecule has 1 aromatic rings. The van der Waals surface area contributed by atoms with Crippen molar-refractivity contribution in [2.24, 2.45) is 5.92 Å². The Balaban J connectivity index is 1.79. The molecule has 1 aliphatic carbocycles. The van der Waals surface area contributed by atoms with Crippen LogP contribution in [0.15, 0.2) is 18.2 Å². The molecule has 0 aliphatic heterocycles. The lowest BCUT2D eigenvalue weighted by Crippen LogP contribution is -2.40.